The minimum absolute atomic E-state index is 0.566. The Labute approximate surface area is 214 Å². The molecule has 36 heavy (non-hydrogen) atoms. The molecule has 14 nitrogen and oxygen atoms in total. The summed E-state index contributed by atoms with van der Waals surface area (Å²) in [5.74, 6) is 4.83. The molecule has 3 aromatic heterocycles. The monoisotopic (exact) mass is 502 g/mol. The number of hydrogen-bond donors (Lipinski definition) is 3. The predicted molar refractivity (Wildman–Crippen MR) is 144 cm³/mol. The van der Waals surface area contributed by atoms with Crippen LogP contribution in [0.4, 0.5) is 17.8 Å². The van der Waals surface area contributed by atoms with Crippen molar-refractivity contribution in [2.45, 2.75) is 34.1 Å². The fourth-order valence-corrected chi connectivity index (χ4v) is 2.34. The number of anilines is 3. The van der Waals surface area contributed by atoms with Gasteiger partial charge in [0.15, 0.2) is 0 Å². The Hall–Kier alpha value is -3.65. The van der Waals surface area contributed by atoms with Crippen molar-refractivity contribution in [3.8, 4) is 0 Å². The van der Waals surface area contributed by atoms with Gasteiger partial charge >= 0.3 is 0 Å². The zero-order chi connectivity index (χ0) is 27.5. The van der Waals surface area contributed by atoms with Gasteiger partial charge in [-0.05, 0) is 49.0 Å². The first-order valence-electron chi connectivity index (χ1n) is 11.4. The molecule has 0 aromatic carbocycles. The summed E-state index contributed by atoms with van der Waals surface area (Å²) in [5.41, 5.74) is 0. The Kier molecular flexibility index (Phi) is 16.8. The molecule has 200 valence electrons. The topological polar surface area (TPSA) is 159 Å². The van der Waals surface area contributed by atoms with Crippen molar-refractivity contribution in [3.63, 3.8) is 0 Å². The number of rotatable bonds is 6. The van der Waals surface area contributed by atoms with E-state index in [-0.39, 0.29) is 0 Å². The van der Waals surface area contributed by atoms with Crippen LogP contribution in [-0.4, -0.2) is 101 Å². The Balaban J connectivity index is 0.000000672. The maximum Gasteiger partial charge on any atom is 0.230 e. The molecule has 0 aliphatic carbocycles. The van der Waals surface area contributed by atoms with Crippen molar-refractivity contribution in [1.82, 2.24) is 55.5 Å². The molecule has 3 heterocycles. The number of hydrogen-bond acceptors (Lipinski definition) is 14. The molecule has 0 amide bonds. The molecule has 0 spiro atoms. The van der Waals surface area contributed by atoms with E-state index >= 15 is 0 Å². The molecule has 0 radical (unpaired) electrons. The zero-order valence-electron chi connectivity index (χ0n) is 23.5. The van der Waals surface area contributed by atoms with E-state index in [1.165, 1.54) is 12.7 Å². The van der Waals surface area contributed by atoms with Crippen LogP contribution in [0.1, 0.15) is 30.2 Å². The SMILES string of the molecule is CCc1nc(C)nc(N(C)CN(C)c2ncnc(C)n2)n1.CNC.CNC.CNc1ncnc(C)n1. The number of nitrogens with one attached hydrogen (secondary N) is 3. The van der Waals surface area contributed by atoms with Gasteiger partial charge in [-0.25, -0.2) is 24.9 Å². The second-order valence-electron chi connectivity index (χ2n) is 7.43. The molecular weight excluding hydrogens is 460 g/mol. The Morgan fingerprint density at radius 2 is 1.14 bits per heavy atom. The molecule has 0 aliphatic rings. The third kappa shape index (κ3) is 13.3. The highest BCUT2D eigenvalue weighted by Crippen LogP contribution is 2.10. The van der Waals surface area contributed by atoms with Crippen LogP contribution in [0.3, 0.4) is 0 Å². The predicted octanol–water partition coefficient (Wildman–Crippen LogP) is 0.659. The Morgan fingerprint density at radius 3 is 1.61 bits per heavy atom. The number of nitrogens with zero attached hydrogens (tertiary/aromatic N) is 11. The van der Waals surface area contributed by atoms with Gasteiger partial charge in [0, 0.05) is 27.6 Å². The lowest BCUT2D eigenvalue weighted by Crippen LogP contribution is -2.35. The molecule has 0 saturated heterocycles. The van der Waals surface area contributed by atoms with Crippen molar-refractivity contribution in [3.05, 3.63) is 36.0 Å². The summed E-state index contributed by atoms with van der Waals surface area (Å²) in [4.78, 5) is 41.0. The molecule has 0 aliphatic heterocycles. The Morgan fingerprint density at radius 1 is 0.639 bits per heavy atom. The van der Waals surface area contributed by atoms with Crippen molar-refractivity contribution >= 4 is 17.8 Å². The summed E-state index contributed by atoms with van der Waals surface area (Å²) < 4.78 is 0. The maximum atomic E-state index is 4.44. The van der Waals surface area contributed by atoms with Crippen LogP contribution < -0.4 is 25.8 Å². The molecule has 0 fully saturated rings. The van der Waals surface area contributed by atoms with Crippen LogP contribution in [0.5, 0.6) is 0 Å². The fraction of sp³-hybridized carbons (Fsp3) is 0.591. The van der Waals surface area contributed by atoms with Gasteiger partial charge in [0.05, 0.1) is 6.67 Å². The minimum atomic E-state index is 0.566. The molecular formula is C22H42N14. The van der Waals surface area contributed by atoms with Crippen molar-refractivity contribution < 1.29 is 0 Å². The van der Waals surface area contributed by atoms with E-state index in [1.54, 1.807) is 7.05 Å². The van der Waals surface area contributed by atoms with E-state index in [4.69, 9.17) is 0 Å². The average molecular weight is 503 g/mol. The van der Waals surface area contributed by atoms with Gasteiger partial charge < -0.3 is 25.8 Å². The van der Waals surface area contributed by atoms with Gasteiger partial charge in [0.1, 0.15) is 36.0 Å². The standard InChI is InChI=1S/C13H20N8.C5H8N4.2C2H7N/c1-6-11-16-10(3)18-13(19-11)21(5)8-20(4)12-15-7-14-9(2)17-12;1-4-7-3-8-5(6-2)9-4;2*1-3-2/h7H,6,8H2,1-5H3;3H,1-2H3,(H,6,7,8,9);2*3H,1-2H3. The summed E-state index contributed by atoms with van der Waals surface area (Å²) in [5, 5.41) is 8.31. The van der Waals surface area contributed by atoms with E-state index in [0.717, 1.165) is 23.9 Å². The summed E-state index contributed by atoms with van der Waals surface area (Å²) in [6.45, 7) is 8.12. The first-order chi connectivity index (χ1) is 17.1. The van der Waals surface area contributed by atoms with Crippen LogP contribution in [0.25, 0.3) is 0 Å². The van der Waals surface area contributed by atoms with E-state index in [0.29, 0.717) is 30.3 Å². The van der Waals surface area contributed by atoms with Gasteiger partial charge in [-0.1, -0.05) is 6.92 Å². The molecule has 0 atom stereocenters. The molecule has 3 rings (SSSR count). The fourth-order valence-electron chi connectivity index (χ4n) is 2.34. The summed E-state index contributed by atoms with van der Waals surface area (Å²) in [7, 11) is 13.1. The highest BCUT2D eigenvalue weighted by atomic mass is 15.4. The quantitative estimate of drug-likeness (QED) is 0.403. The van der Waals surface area contributed by atoms with Crippen LogP contribution in [0.15, 0.2) is 12.7 Å². The zero-order valence-corrected chi connectivity index (χ0v) is 23.5. The normalized spacial score (nSPS) is 9.42. The van der Waals surface area contributed by atoms with Crippen LogP contribution >= 0.6 is 0 Å². The average Bonchev–Trinajstić information content (AvgIpc) is 2.85. The minimum Gasteiger partial charge on any atom is -0.357 e. The lowest BCUT2D eigenvalue weighted by atomic mass is 10.4. The maximum absolute atomic E-state index is 4.44. The molecule has 0 saturated carbocycles. The van der Waals surface area contributed by atoms with E-state index in [1.807, 2.05) is 79.8 Å². The lowest BCUT2D eigenvalue weighted by Gasteiger charge is -2.24. The Bertz CT molecular complexity index is 982. The number of aryl methyl sites for hydroxylation is 4. The smallest absolute Gasteiger partial charge is 0.230 e. The largest absolute Gasteiger partial charge is 0.357 e. The van der Waals surface area contributed by atoms with Crippen molar-refractivity contribution in [2.75, 3.05) is 71.1 Å². The second kappa shape index (κ2) is 18.6. The summed E-state index contributed by atoms with van der Waals surface area (Å²) in [6, 6.07) is 0. The van der Waals surface area contributed by atoms with Crippen LogP contribution in [0.2, 0.25) is 0 Å². The molecule has 0 unspecified atom stereocenters. The third-order valence-electron chi connectivity index (χ3n) is 3.80. The van der Waals surface area contributed by atoms with Gasteiger partial charge in [0.2, 0.25) is 17.8 Å². The van der Waals surface area contributed by atoms with Crippen molar-refractivity contribution in [1.29, 1.82) is 0 Å². The van der Waals surface area contributed by atoms with Crippen LogP contribution in [0, 0.1) is 20.8 Å². The number of aromatic nitrogens is 9. The van der Waals surface area contributed by atoms with Gasteiger partial charge in [-0.2, -0.15) is 19.9 Å². The van der Waals surface area contributed by atoms with Gasteiger partial charge in [-0.3, -0.25) is 0 Å². The summed E-state index contributed by atoms with van der Waals surface area (Å²) in [6.07, 6.45) is 3.78. The first-order valence-corrected chi connectivity index (χ1v) is 11.4. The van der Waals surface area contributed by atoms with Gasteiger partial charge in [-0.15, -0.1) is 0 Å². The second-order valence-corrected chi connectivity index (χ2v) is 7.43. The highest BCUT2D eigenvalue weighted by molar-refractivity contribution is 5.34. The summed E-state index contributed by atoms with van der Waals surface area (Å²) >= 11 is 0. The third-order valence-corrected chi connectivity index (χ3v) is 3.80. The van der Waals surface area contributed by atoms with Crippen molar-refractivity contribution in [2.24, 2.45) is 0 Å². The molecule has 3 aromatic rings. The van der Waals surface area contributed by atoms with Gasteiger partial charge in [0.25, 0.3) is 0 Å². The molecule has 3 N–H and O–H groups in total. The highest BCUT2D eigenvalue weighted by Gasteiger charge is 2.12. The van der Waals surface area contributed by atoms with E-state index in [2.05, 4.69) is 60.8 Å². The van der Waals surface area contributed by atoms with E-state index in [9.17, 15) is 0 Å². The molecule has 0 bridgehead atoms. The molecule has 14 heteroatoms. The van der Waals surface area contributed by atoms with Crippen LogP contribution in [-0.2, 0) is 6.42 Å². The van der Waals surface area contributed by atoms with E-state index < -0.39 is 0 Å². The first kappa shape index (κ1) is 32.4. The lowest BCUT2D eigenvalue weighted by molar-refractivity contribution is 0.761.